The lowest BCUT2D eigenvalue weighted by molar-refractivity contribution is 0.0686. The molecule has 0 aliphatic heterocycles. The minimum absolute atomic E-state index is 0.294. The zero-order chi connectivity index (χ0) is 13.4. The van der Waals surface area contributed by atoms with Crippen LogP contribution in [0, 0.1) is 0 Å². The summed E-state index contributed by atoms with van der Waals surface area (Å²) in [4.78, 5) is 11.1. The van der Waals surface area contributed by atoms with Gasteiger partial charge in [-0.2, -0.15) is 0 Å². The van der Waals surface area contributed by atoms with Gasteiger partial charge in [-0.1, -0.05) is 42.5 Å². The smallest absolute Gasteiger partial charge is 0.352 e. The molecule has 0 bridgehead atoms. The third kappa shape index (κ3) is 1.89. The van der Waals surface area contributed by atoms with Crippen LogP contribution in [-0.2, 0) is 7.05 Å². The first-order chi connectivity index (χ1) is 9.16. The maximum atomic E-state index is 11.1. The highest BCUT2D eigenvalue weighted by atomic mass is 16.4. The van der Waals surface area contributed by atoms with E-state index in [1.807, 2.05) is 30.5 Å². The minimum Gasteiger partial charge on any atom is -0.477 e. The van der Waals surface area contributed by atoms with Crippen LogP contribution in [0.3, 0.4) is 0 Å². The van der Waals surface area contributed by atoms with Crippen molar-refractivity contribution < 1.29 is 9.90 Å². The Hall–Kier alpha value is -2.55. The van der Waals surface area contributed by atoms with Crippen molar-refractivity contribution in [2.75, 3.05) is 0 Å². The number of rotatable bonds is 2. The standard InChI is InChI=1S/C16H13NO2/c1-17-10-12(9-15(17)16(18)19)14-8-4-6-11-5-2-3-7-13(11)14/h2-10H,1H3,(H,18,19). The van der Waals surface area contributed by atoms with Crippen LogP contribution in [0.2, 0.25) is 0 Å². The Labute approximate surface area is 110 Å². The molecule has 0 spiro atoms. The first-order valence-electron chi connectivity index (χ1n) is 6.04. The Morgan fingerprint density at radius 3 is 2.58 bits per heavy atom. The third-order valence-electron chi connectivity index (χ3n) is 3.32. The summed E-state index contributed by atoms with van der Waals surface area (Å²) in [5, 5.41) is 11.4. The van der Waals surface area contributed by atoms with Crippen molar-refractivity contribution in [1.29, 1.82) is 0 Å². The molecule has 3 aromatic rings. The van der Waals surface area contributed by atoms with Crippen LogP contribution in [-0.4, -0.2) is 15.6 Å². The van der Waals surface area contributed by atoms with Gasteiger partial charge >= 0.3 is 5.97 Å². The monoisotopic (exact) mass is 251 g/mol. The first kappa shape index (κ1) is 11.5. The fourth-order valence-corrected chi connectivity index (χ4v) is 2.40. The van der Waals surface area contributed by atoms with Crippen molar-refractivity contribution in [2.45, 2.75) is 0 Å². The van der Waals surface area contributed by atoms with Crippen LogP contribution in [0.5, 0.6) is 0 Å². The molecule has 1 N–H and O–H groups in total. The summed E-state index contributed by atoms with van der Waals surface area (Å²) in [7, 11) is 1.75. The van der Waals surface area contributed by atoms with E-state index < -0.39 is 5.97 Å². The molecular formula is C16H13NO2. The topological polar surface area (TPSA) is 42.2 Å². The normalized spacial score (nSPS) is 10.8. The van der Waals surface area contributed by atoms with Gasteiger partial charge in [-0.25, -0.2) is 4.79 Å². The molecule has 19 heavy (non-hydrogen) atoms. The van der Waals surface area contributed by atoms with Gasteiger partial charge in [0.1, 0.15) is 5.69 Å². The molecule has 0 saturated carbocycles. The number of carbonyl (C=O) groups is 1. The zero-order valence-corrected chi connectivity index (χ0v) is 10.5. The lowest BCUT2D eigenvalue weighted by Gasteiger charge is -2.04. The molecule has 0 fully saturated rings. The fraction of sp³-hybridized carbons (Fsp3) is 0.0625. The number of hydrogen-bond acceptors (Lipinski definition) is 1. The number of nitrogens with zero attached hydrogens (tertiary/aromatic N) is 1. The average Bonchev–Trinajstić information content (AvgIpc) is 2.80. The lowest BCUT2D eigenvalue weighted by Crippen LogP contribution is -2.02. The second-order valence-electron chi connectivity index (χ2n) is 4.56. The van der Waals surface area contributed by atoms with Crippen LogP contribution in [0.25, 0.3) is 21.9 Å². The van der Waals surface area contributed by atoms with Gasteiger partial charge in [-0.15, -0.1) is 0 Å². The molecule has 94 valence electrons. The summed E-state index contributed by atoms with van der Waals surface area (Å²) < 4.78 is 1.64. The predicted molar refractivity (Wildman–Crippen MR) is 75.3 cm³/mol. The van der Waals surface area contributed by atoms with E-state index in [1.54, 1.807) is 17.7 Å². The minimum atomic E-state index is -0.908. The van der Waals surface area contributed by atoms with E-state index in [4.69, 9.17) is 5.11 Å². The molecule has 1 aromatic heterocycles. The van der Waals surface area contributed by atoms with Gasteiger partial charge in [-0.05, 0) is 22.4 Å². The number of carboxylic acids is 1. The van der Waals surface area contributed by atoms with Crippen molar-refractivity contribution >= 4 is 16.7 Å². The van der Waals surface area contributed by atoms with Gasteiger partial charge in [0.25, 0.3) is 0 Å². The summed E-state index contributed by atoms with van der Waals surface area (Å²) in [5.74, 6) is -0.908. The highest BCUT2D eigenvalue weighted by Crippen LogP contribution is 2.29. The second kappa shape index (κ2) is 4.28. The maximum absolute atomic E-state index is 11.1. The predicted octanol–water partition coefficient (Wildman–Crippen LogP) is 3.54. The number of aryl methyl sites for hydroxylation is 1. The van der Waals surface area contributed by atoms with Gasteiger partial charge in [0.15, 0.2) is 0 Å². The summed E-state index contributed by atoms with van der Waals surface area (Å²) >= 11 is 0. The Morgan fingerprint density at radius 1 is 1.11 bits per heavy atom. The summed E-state index contributed by atoms with van der Waals surface area (Å²) in [6.07, 6.45) is 1.85. The molecule has 0 aliphatic rings. The molecule has 0 aliphatic carbocycles. The van der Waals surface area contributed by atoms with Crippen molar-refractivity contribution in [2.24, 2.45) is 7.05 Å². The average molecular weight is 251 g/mol. The van der Waals surface area contributed by atoms with E-state index in [1.165, 1.54) is 0 Å². The quantitative estimate of drug-likeness (QED) is 0.756. The first-order valence-corrected chi connectivity index (χ1v) is 6.04. The highest BCUT2D eigenvalue weighted by molar-refractivity contribution is 5.98. The number of hydrogen-bond donors (Lipinski definition) is 1. The fourth-order valence-electron chi connectivity index (χ4n) is 2.40. The van der Waals surface area contributed by atoms with Crippen molar-refractivity contribution in [1.82, 2.24) is 4.57 Å². The van der Waals surface area contributed by atoms with Gasteiger partial charge in [0.05, 0.1) is 0 Å². The van der Waals surface area contributed by atoms with Crippen molar-refractivity contribution in [3.63, 3.8) is 0 Å². The van der Waals surface area contributed by atoms with Crippen molar-refractivity contribution in [3.05, 3.63) is 60.4 Å². The molecule has 3 rings (SSSR count). The van der Waals surface area contributed by atoms with Crippen LogP contribution in [0.1, 0.15) is 10.5 Å². The van der Waals surface area contributed by atoms with E-state index in [0.29, 0.717) is 5.69 Å². The molecular weight excluding hydrogens is 238 g/mol. The van der Waals surface area contributed by atoms with Crippen molar-refractivity contribution in [3.8, 4) is 11.1 Å². The third-order valence-corrected chi connectivity index (χ3v) is 3.32. The number of carboxylic acid groups (broad SMARTS) is 1. The summed E-state index contributed by atoms with van der Waals surface area (Å²) in [6.45, 7) is 0. The van der Waals surface area contributed by atoms with Gasteiger partial charge in [0.2, 0.25) is 0 Å². The number of aromatic nitrogens is 1. The Morgan fingerprint density at radius 2 is 1.84 bits per heavy atom. The molecule has 0 unspecified atom stereocenters. The maximum Gasteiger partial charge on any atom is 0.352 e. The van der Waals surface area contributed by atoms with Gasteiger partial charge < -0.3 is 9.67 Å². The Kier molecular flexibility index (Phi) is 2.60. The molecule has 0 amide bonds. The van der Waals surface area contributed by atoms with E-state index in [9.17, 15) is 4.79 Å². The zero-order valence-electron chi connectivity index (χ0n) is 10.5. The highest BCUT2D eigenvalue weighted by Gasteiger charge is 2.12. The van der Waals surface area contributed by atoms with E-state index in [0.717, 1.165) is 21.9 Å². The molecule has 3 heteroatoms. The summed E-state index contributed by atoms with van der Waals surface area (Å²) in [6, 6.07) is 15.9. The molecule has 1 heterocycles. The molecule has 0 saturated heterocycles. The number of aromatic carboxylic acids is 1. The van der Waals surface area contributed by atoms with E-state index >= 15 is 0 Å². The lowest BCUT2D eigenvalue weighted by atomic mass is 10.0. The largest absolute Gasteiger partial charge is 0.477 e. The molecule has 3 nitrogen and oxygen atoms in total. The molecule has 2 aromatic carbocycles. The van der Waals surface area contributed by atoms with Crippen LogP contribution < -0.4 is 0 Å². The van der Waals surface area contributed by atoms with Gasteiger partial charge in [0, 0.05) is 18.8 Å². The van der Waals surface area contributed by atoms with Crippen LogP contribution in [0.4, 0.5) is 0 Å². The van der Waals surface area contributed by atoms with E-state index in [-0.39, 0.29) is 0 Å². The second-order valence-corrected chi connectivity index (χ2v) is 4.56. The van der Waals surface area contributed by atoms with E-state index in [2.05, 4.69) is 18.2 Å². The van der Waals surface area contributed by atoms with Crippen LogP contribution in [0.15, 0.2) is 54.7 Å². The molecule has 0 radical (unpaired) electrons. The number of benzene rings is 2. The molecule has 0 atom stereocenters. The Balaban J connectivity index is 2.25. The number of fused-ring (bicyclic) bond motifs is 1. The SMILES string of the molecule is Cn1cc(-c2cccc3ccccc23)cc1C(=O)O. The Bertz CT molecular complexity index is 766. The van der Waals surface area contributed by atoms with Gasteiger partial charge in [-0.3, -0.25) is 0 Å². The van der Waals surface area contributed by atoms with Crippen LogP contribution >= 0.6 is 0 Å². The summed E-state index contributed by atoms with van der Waals surface area (Å²) in [5.41, 5.74) is 2.28.